The number of sulfonamides is 1. The van der Waals surface area contributed by atoms with Crippen molar-refractivity contribution in [3.63, 3.8) is 0 Å². The molecule has 0 aliphatic carbocycles. The molecule has 0 bridgehead atoms. The third-order valence-electron chi connectivity index (χ3n) is 4.56. The molecule has 0 unspecified atom stereocenters. The lowest BCUT2D eigenvalue weighted by Crippen LogP contribution is -2.54. The molecule has 0 spiro atoms. The summed E-state index contributed by atoms with van der Waals surface area (Å²) in [6.07, 6.45) is 0.0391. The lowest BCUT2D eigenvalue weighted by Gasteiger charge is -2.34. The maximum absolute atomic E-state index is 14.0. The van der Waals surface area contributed by atoms with E-state index in [0.29, 0.717) is 19.7 Å². The molecule has 1 aliphatic rings. The van der Waals surface area contributed by atoms with Crippen molar-refractivity contribution in [1.29, 1.82) is 0 Å². The summed E-state index contributed by atoms with van der Waals surface area (Å²) in [5.74, 6) is -1.21. The molecule has 28 heavy (non-hydrogen) atoms. The number of rotatable bonds is 6. The molecule has 2 aromatic carbocycles. The number of benzene rings is 2. The molecule has 1 saturated heterocycles. The highest BCUT2D eigenvalue weighted by Gasteiger charge is 2.32. The van der Waals surface area contributed by atoms with Crippen molar-refractivity contribution in [1.82, 2.24) is 9.62 Å². The predicted molar refractivity (Wildman–Crippen MR) is 103 cm³/mol. The monoisotopic (exact) mass is 406 g/mol. The molecule has 8 heteroatoms. The average Bonchev–Trinajstić information content (AvgIpc) is 2.68. The van der Waals surface area contributed by atoms with Crippen molar-refractivity contribution in [3.05, 3.63) is 66.0 Å². The Balaban J connectivity index is 1.87. The van der Waals surface area contributed by atoms with Crippen molar-refractivity contribution in [3.8, 4) is 0 Å². The fourth-order valence-corrected chi connectivity index (χ4v) is 4.45. The zero-order chi connectivity index (χ0) is 20.1. The van der Waals surface area contributed by atoms with Crippen LogP contribution in [-0.4, -0.2) is 51.1 Å². The van der Waals surface area contributed by atoms with Crippen LogP contribution in [0.3, 0.4) is 0 Å². The summed E-state index contributed by atoms with van der Waals surface area (Å²) in [7, 11) is -4.21. The Morgan fingerprint density at radius 2 is 1.89 bits per heavy atom. The van der Waals surface area contributed by atoms with Gasteiger partial charge < -0.3 is 9.64 Å². The van der Waals surface area contributed by atoms with Gasteiger partial charge in [-0.3, -0.25) is 4.79 Å². The van der Waals surface area contributed by atoms with Crippen LogP contribution < -0.4 is 4.72 Å². The molecule has 150 valence electrons. The molecule has 1 aliphatic heterocycles. The third-order valence-corrected chi connectivity index (χ3v) is 6.06. The van der Waals surface area contributed by atoms with Gasteiger partial charge >= 0.3 is 0 Å². The molecule has 3 rings (SSSR count). The number of nitrogens with one attached hydrogen (secondary N) is 1. The zero-order valence-electron chi connectivity index (χ0n) is 15.5. The van der Waals surface area contributed by atoms with Crippen molar-refractivity contribution >= 4 is 15.9 Å². The molecule has 0 radical (unpaired) electrons. The summed E-state index contributed by atoms with van der Waals surface area (Å²) >= 11 is 0. The molecule has 6 nitrogen and oxygen atoms in total. The standard InChI is InChI=1S/C20H23FN2O4S/c1-15-14-23(11-12-27-15)20(24)18(13-16-7-3-2-4-8-16)22-28(25,26)19-10-6-5-9-17(19)21/h2-10,15,18,22H,11-14H2,1H3/t15-,18-/m1/s1. The Labute approximate surface area is 164 Å². The largest absolute Gasteiger partial charge is 0.375 e. The summed E-state index contributed by atoms with van der Waals surface area (Å²) in [4.78, 5) is 14.2. The van der Waals surface area contributed by atoms with Crippen molar-refractivity contribution in [2.75, 3.05) is 19.7 Å². The third kappa shape index (κ3) is 4.95. The van der Waals surface area contributed by atoms with E-state index >= 15 is 0 Å². The van der Waals surface area contributed by atoms with Crippen molar-refractivity contribution < 1.29 is 22.3 Å². The molecular weight excluding hydrogens is 383 g/mol. The number of carbonyl (C=O) groups is 1. The number of hydrogen-bond donors (Lipinski definition) is 1. The number of nitrogens with zero attached hydrogens (tertiary/aromatic N) is 1. The lowest BCUT2D eigenvalue weighted by molar-refractivity contribution is -0.139. The van der Waals surface area contributed by atoms with E-state index in [1.165, 1.54) is 18.2 Å². The van der Waals surface area contributed by atoms with Gasteiger partial charge in [-0.2, -0.15) is 4.72 Å². The maximum Gasteiger partial charge on any atom is 0.244 e. The summed E-state index contributed by atoms with van der Waals surface area (Å²) < 4.78 is 47.4. The molecule has 1 fully saturated rings. The Kier molecular flexibility index (Phi) is 6.43. The number of morpholine rings is 1. The van der Waals surface area contributed by atoms with E-state index < -0.39 is 26.8 Å². The van der Waals surface area contributed by atoms with E-state index in [1.54, 1.807) is 4.90 Å². The molecule has 2 aromatic rings. The first-order valence-corrected chi connectivity index (χ1v) is 10.6. The molecule has 1 heterocycles. The van der Waals surface area contributed by atoms with Crippen LogP contribution in [0.1, 0.15) is 12.5 Å². The molecule has 1 amide bonds. The van der Waals surface area contributed by atoms with Gasteiger partial charge in [0.2, 0.25) is 15.9 Å². The number of hydrogen-bond acceptors (Lipinski definition) is 4. The Bertz CT molecular complexity index is 921. The first-order chi connectivity index (χ1) is 13.4. The second-order valence-electron chi connectivity index (χ2n) is 6.76. The summed E-state index contributed by atoms with van der Waals surface area (Å²) in [5.41, 5.74) is 0.804. The second kappa shape index (κ2) is 8.81. The Morgan fingerprint density at radius 3 is 2.57 bits per heavy atom. The van der Waals surface area contributed by atoms with E-state index in [9.17, 15) is 17.6 Å². The minimum Gasteiger partial charge on any atom is -0.375 e. The SMILES string of the molecule is C[C@@H]1CN(C(=O)[C@@H](Cc2ccccc2)NS(=O)(=O)c2ccccc2F)CCO1. The van der Waals surface area contributed by atoms with Crippen LogP contribution in [0.25, 0.3) is 0 Å². The normalized spacial score (nSPS) is 18.6. The van der Waals surface area contributed by atoms with Crippen LogP contribution in [0.15, 0.2) is 59.5 Å². The summed E-state index contributed by atoms with van der Waals surface area (Å²) in [6, 6.07) is 13.2. The smallest absolute Gasteiger partial charge is 0.244 e. The minimum atomic E-state index is -4.21. The second-order valence-corrected chi connectivity index (χ2v) is 8.44. The van der Waals surface area contributed by atoms with E-state index in [2.05, 4.69) is 4.72 Å². The number of carbonyl (C=O) groups excluding carboxylic acids is 1. The fourth-order valence-electron chi connectivity index (χ4n) is 3.18. The fraction of sp³-hybridized carbons (Fsp3) is 0.350. The van der Waals surface area contributed by atoms with Gasteiger partial charge in [0.1, 0.15) is 16.8 Å². The van der Waals surface area contributed by atoms with E-state index in [0.717, 1.165) is 11.6 Å². The van der Waals surface area contributed by atoms with Crippen LogP contribution in [0.4, 0.5) is 4.39 Å². The average molecular weight is 406 g/mol. The van der Waals surface area contributed by atoms with Crippen LogP contribution in [0.2, 0.25) is 0 Å². The van der Waals surface area contributed by atoms with E-state index in [4.69, 9.17) is 4.74 Å². The molecule has 2 atom stereocenters. The first-order valence-electron chi connectivity index (χ1n) is 9.08. The van der Waals surface area contributed by atoms with Crippen LogP contribution in [0, 0.1) is 5.82 Å². The van der Waals surface area contributed by atoms with E-state index in [-0.39, 0.29) is 18.4 Å². The van der Waals surface area contributed by atoms with Crippen LogP contribution in [0.5, 0.6) is 0 Å². The lowest BCUT2D eigenvalue weighted by atomic mass is 10.1. The molecule has 0 aromatic heterocycles. The number of amides is 1. The summed E-state index contributed by atoms with van der Waals surface area (Å²) in [6.45, 7) is 3.02. The molecule has 0 saturated carbocycles. The zero-order valence-corrected chi connectivity index (χ0v) is 16.4. The van der Waals surface area contributed by atoms with Crippen molar-refractivity contribution in [2.45, 2.75) is 30.4 Å². The Morgan fingerprint density at radius 1 is 1.21 bits per heavy atom. The number of halogens is 1. The Hall–Kier alpha value is -2.29. The quantitative estimate of drug-likeness (QED) is 0.796. The van der Waals surface area contributed by atoms with Gasteiger partial charge in [-0.15, -0.1) is 0 Å². The van der Waals surface area contributed by atoms with Gasteiger partial charge in [0.05, 0.1) is 12.7 Å². The minimum absolute atomic E-state index is 0.127. The highest BCUT2D eigenvalue weighted by atomic mass is 32.2. The van der Waals surface area contributed by atoms with Crippen LogP contribution >= 0.6 is 0 Å². The van der Waals surface area contributed by atoms with Gasteiger partial charge in [0.15, 0.2) is 0 Å². The first kappa shape index (κ1) is 20.4. The van der Waals surface area contributed by atoms with E-state index in [1.807, 2.05) is 37.3 Å². The highest BCUT2D eigenvalue weighted by Crippen LogP contribution is 2.16. The van der Waals surface area contributed by atoms with Gasteiger partial charge in [-0.05, 0) is 31.0 Å². The van der Waals surface area contributed by atoms with Gasteiger partial charge in [-0.25, -0.2) is 12.8 Å². The van der Waals surface area contributed by atoms with Crippen LogP contribution in [-0.2, 0) is 26.0 Å². The summed E-state index contributed by atoms with van der Waals surface area (Å²) in [5, 5.41) is 0. The van der Waals surface area contributed by atoms with Gasteiger partial charge in [0.25, 0.3) is 0 Å². The topological polar surface area (TPSA) is 75.7 Å². The maximum atomic E-state index is 14.0. The van der Waals surface area contributed by atoms with Gasteiger partial charge in [0, 0.05) is 13.1 Å². The predicted octanol–water partition coefficient (Wildman–Crippen LogP) is 1.96. The number of ether oxygens (including phenoxy) is 1. The van der Waals surface area contributed by atoms with Gasteiger partial charge in [-0.1, -0.05) is 42.5 Å². The highest BCUT2D eigenvalue weighted by molar-refractivity contribution is 7.89. The molecule has 1 N–H and O–H groups in total. The molecular formula is C20H23FN2O4S. The van der Waals surface area contributed by atoms with Crippen molar-refractivity contribution in [2.24, 2.45) is 0 Å².